The average Bonchev–Trinajstić information content (AvgIpc) is 3.01. The first-order valence-electron chi connectivity index (χ1n) is 9.32. The zero-order chi connectivity index (χ0) is 21.7. The van der Waals surface area contributed by atoms with E-state index in [4.69, 9.17) is 16.3 Å². The summed E-state index contributed by atoms with van der Waals surface area (Å²) in [5, 5.41) is 4.16. The second-order valence-electron chi connectivity index (χ2n) is 6.47. The van der Waals surface area contributed by atoms with Gasteiger partial charge in [-0.2, -0.15) is 5.10 Å². The largest absolute Gasteiger partial charge is 0.462 e. The number of aryl methyl sites for hydroxylation is 1. The van der Waals surface area contributed by atoms with Crippen molar-refractivity contribution in [1.82, 2.24) is 15.0 Å². The number of hydrazone groups is 1. The second-order valence-corrected chi connectivity index (χ2v) is 6.83. The van der Waals surface area contributed by atoms with Crippen molar-refractivity contribution in [2.75, 3.05) is 6.61 Å². The summed E-state index contributed by atoms with van der Waals surface area (Å²) in [6, 6.07) is 12.4. The molecule has 1 N–H and O–H groups in total. The predicted molar refractivity (Wildman–Crippen MR) is 116 cm³/mol. The molecule has 0 saturated heterocycles. The van der Waals surface area contributed by atoms with Gasteiger partial charge in [-0.15, -0.1) is 0 Å². The Bertz CT molecular complexity index is 1100. The Morgan fingerprint density at radius 2 is 1.97 bits per heavy atom. The van der Waals surface area contributed by atoms with Crippen LogP contribution in [0, 0.1) is 13.8 Å². The number of rotatable bonds is 6. The summed E-state index contributed by atoms with van der Waals surface area (Å²) in [6.07, 6.45) is 3.09. The molecule has 30 heavy (non-hydrogen) atoms. The molecule has 0 aliphatic rings. The Labute approximate surface area is 179 Å². The van der Waals surface area contributed by atoms with E-state index in [0.717, 1.165) is 22.6 Å². The highest BCUT2D eigenvalue weighted by molar-refractivity contribution is 6.32. The number of carbonyl (C=O) groups is 2. The van der Waals surface area contributed by atoms with Crippen molar-refractivity contribution in [2.45, 2.75) is 20.8 Å². The van der Waals surface area contributed by atoms with Crippen LogP contribution in [0.2, 0.25) is 5.15 Å². The van der Waals surface area contributed by atoms with Gasteiger partial charge < -0.3 is 9.30 Å². The van der Waals surface area contributed by atoms with Gasteiger partial charge in [0.1, 0.15) is 5.15 Å². The minimum absolute atomic E-state index is 0.120. The molecule has 3 rings (SSSR count). The fourth-order valence-electron chi connectivity index (χ4n) is 3.05. The predicted octanol–water partition coefficient (Wildman–Crippen LogP) is 4.08. The van der Waals surface area contributed by atoms with Crippen LogP contribution in [0.1, 0.15) is 44.6 Å². The molecule has 0 spiro atoms. The number of nitrogens with zero attached hydrogens (tertiary/aromatic N) is 3. The highest BCUT2D eigenvalue weighted by Gasteiger charge is 2.12. The molecule has 1 amide bonds. The molecular weight excluding hydrogens is 404 g/mol. The lowest BCUT2D eigenvalue weighted by Gasteiger charge is -2.10. The first-order chi connectivity index (χ1) is 14.4. The van der Waals surface area contributed by atoms with Crippen molar-refractivity contribution in [3.05, 3.63) is 81.9 Å². The number of pyridine rings is 1. The van der Waals surface area contributed by atoms with E-state index >= 15 is 0 Å². The van der Waals surface area contributed by atoms with E-state index in [-0.39, 0.29) is 16.7 Å². The lowest BCUT2D eigenvalue weighted by Crippen LogP contribution is -2.18. The van der Waals surface area contributed by atoms with E-state index in [1.54, 1.807) is 37.4 Å². The highest BCUT2D eigenvalue weighted by atomic mass is 35.5. The van der Waals surface area contributed by atoms with Gasteiger partial charge in [0.25, 0.3) is 5.91 Å². The molecule has 0 aliphatic carbocycles. The van der Waals surface area contributed by atoms with Gasteiger partial charge in [0, 0.05) is 28.8 Å². The molecule has 0 unspecified atom stereocenters. The number of amides is 1. The Morgan fingerprint density at radius 1 is 1.23 bits per heavy atom. The molecule has 2 heterocycles. The van der Waals surface area contributed by atoms with Crippen LogP contribution in [0.3, 0.4) is 0 Å². The first-order valence-corrected chi connectivity index (χ1v) is 9.70. The van der Waals surface area contributed by atoms with Crippen LogP contribution in [-0.2, 0) is 4.74 Å². The van der Waals surface area contributed by atoms with Gasteiger partial charge in [-0.1, -0.05) is 11.6 Å². The molecule has 0 saturated carbocycles. The minimum Gasteiger partial charge on any atom is -0.462 e. The van der Waals surface area contributed by atoms with Crippen molar-refractivity contribution in [3.8, 4) is 5.69 Å². The SMILES string of the molecule is CCOC(=O)c1ccc(-n2c(C)cc(C=NNC(=O)c3cccnc3Cl)c2C)cc1. The van der Waals surface area contributed by atoms with Crippen molar-refractivity contribution in [3.63, 3.8) is 0 Å². The van der Waals surface area contributed by atoms with Gasteiger partial charge in [0.15, 0.2) is 0 Å². The van der Waals surface area contributed by atoms with E-state index in [9.17, 15) is 9.59 Å². The Hall–Kier alpha value is -3.45. The highest BCUT2D eigenvalue weighted by Crippen LogP contribution is 2.20. The molecule has 7 nitrogen and oxygen atoms in total. The molecule has 0 fully saturated rings. The third-order valence-electron chi connectivity index (χ3n) is 4.48. The smallest absolute Gasteiger partial charge is 0.338 e. The van der Waals surface area contributed by atoms with E-state index in [2.05, 4.69) is 15.5 Å². The Morgan fingerprint density at radius 3 is 2.63 bits per heavy atom. The fraction of sp³-hybridized carbons (Fsp3) is 0.182. The van der Waals surface area contributed by atoms with Crippen LogP contribution in [-0.4, -0.2) is 34.2 Å². The number of esters is 1. The monoisotopic (exact) mass is 424 g/mol. The second kappa shape index (κ2) is 9.37. The van der Waals surface area contributed by atoms with Gasteiger partial charge in [0.2, 0.25) is 0 Å². The third-order valence-corrected chi connectivity index (χ3v) is 4.78. The van der Waals surface area contributed by atoms with Crippen molar-refractivity contribution in [2.24, 2.45) is 5.10 Å². The number of benzene rings is 1. The molecule has 0 aliphatic heterocycles. The number of hydrogen-bond acceptors (Lipinski definition) is 5. The molecule has 0 atom stereocenters. The number of nitrogens with one attached hydrogen (secondary N) is 1. The normalized spacial score (nSPS) is 10.9. The Balaban J connectivity index is 1.77. The number of aromatic nitrogens is 2. The number of ether oxygens (including phenoxy) is 1. The zero-order valence-electron chi connectivity index (χ0n) is 16.8. The van der Waals surface area contributed by atoms with Gasteiger partial charge in [-0.3, -0.25) is 4.79 Å². The van der Waals surface area contributed by atoms with Crippen LogP contribution in [0.5, 0.6) is 0 Å². The molecule has 8 heteroatoms. The summed E-state index contributed by atoms with van der Waals surface area (Å²) in [5.74, 6) is -0.782. The summed E-state index contributed by atoms with van der Waals surface area (Å²) in [6.45, 7) is 6.03. The van der Waals surface area contributed by atoms with Crippen molar-refractivity contribution < 1.29 is 14.3 Å². The number of halogens is 1. The van der Waals surface area contributed by atoms with Crippen LogP contribution in [0.15, 0.2) is 53.8 Å². The van der Waals surface area contributed by atoms with E-state index < -0.39 is 5.91 Å². The molecule has 3 aromatic rings. The van der Waals surface area contributed by atoms with Crippen LogP contribution >= 0.6 is 11.6 Å². The lowest BCUT2D eigenvalue weighted by atomic mass is 10.2. The molecule has 154 valence electrons. The fourth-order valence-corrected chi connectivity index (χ4v) is 3.26. The van der Waals surface area contributed by atoms with Gasteiger partial charge in [-0.05, 0) is 63.2 Å². The lowest BCUT2D eigenvalue weighted by molar-refractivity contribution is 0.0526. The molecule has 0 bridgehead atoms. The first kappa shape index (κ1) is 21.3. The quantitative estimate of drug-likeness (QED) is 0.279. The summed E-state index contributed by atoms with van der Waals surface area (Å²) in [4.78, 5) is 27.9. The average molecular weight is 425 g/mol. The maximum absolute atomic E-state index is 12.2. The molecule has 0 radical (unpaired) electrons. The van der Waals surface area contributed by atoms with E-state index in [1.807, 2.05) is 36.6 Å². The standard InChI is InChI=1S/C22H21ClN4O3/c1-4-30-22(29)16-7-9-18(10-8-16)27-14(2)12-17(15(27)3)13-25-26-21(28)19-6-5-11-24-20(19)23/h5-13H,4H2,1-3H3,(H,26,28). The van der Waals surface area contributed by atoms with E-state index in [0.29, 0.717) is 12.2 Å². The number of hydrogen-bond donors (Lipinski definition) is 1. The summed E-state index contributed by atoms with van der Waals surface area (Å²) >= 11 is 5.92. The zero-order valence-corrected chi connectivity index (χ0v) is 17.6. The van der Waals surface area contributed by atoms with Gasteiger partial charge in [0.05, 0.1) is 23.9 Å². The molecule has 1 aromatic carbocycles. The summed E-state index contributed by atoms with van der Waals surface area (Å²) < 4.78 is 7.06. The van der Waals surface area contributed by atoms with Crippen LogP contribution in [0.4, 0.5) is 0 Å². The van der Waals surface area contributed by atoms with Crippen LogP contribution in [0.25, 0.3) is 5.69 Å². The Kier molecular flexibility index (Phi) is 6.64. The number of carbonyl (C=O) groups excluding carboxylic acids is 2. The minimum atomic E-state index is -0.437. The topological polar surface area (TPSA) is 85.6 Å². The van der Waals surface area contributed by atoms with E-state index in [1.165, 1.54) is 6.20 Å². The van der Waals surface area contributed by atoms with Gasteiger partial charge >= 0.3 is 5.97 Å². The van der Waals surface area contributed by atoms with Crippen molar-refractivity contribution in [1.29, 1.82) is 0 Å². The summed E-state index contributed by atoms with van der Waals surface area (Å²) in [5.41, 5.74) is 6.89. The molecule has 2 aromatic heterocycles. The van der Waals surface area contributed by atoms with Gasteiger partial charge in [-0.25, -0.2) is 15.2 Å². The molecular formula is C22H21ClN4O3. The maximum Gasteiger partial charge on any atom is 0.338 e. The maximum atomic E-state index is 12.2. The van der Waals surface area contributed by atoms with Crippen LogP contribution < -0.4 is 5.43 Å². The summed E-state index contributed by atoms with van der Waals surface area (Å²) in [7, 11) is 0. The third kappa shape index (κ3) is 4.58. The van der Waals surface area contributed by atoms with Crippen molar-refractivity contribution >= 4 is 29.7 Å².